The van der Waals surface area contributed by atoms with Crippen LogP contribution in [0, 0.1) is 11.8 Å². The highest BCUT2D eigenvalue weighted by atomic mass is 15.1. The van der Waals surface area contributed by atoms with Crippen molar-refractivity contribution < 1.29 is 0 Å². The van der Waals surface area contributed by atoms with Crippen LogP contribution in [0.1, 0.15) is 31.5 Å². The molecule has 2 aromatic rings. The largest absolute Gasteiger partial charge is 0.317 e. The number of nitrogens with one attached hydrogen (secondary N) is 2. The minimum absolute atomic E-state index is 0.715. The first-order chi connectivity index (χ1) is 11.4. The summed E-state index contributed by atoms with van der Waals surface area (Å²) in [6.07, 6.45) is 8.10. The predicted octanol–water partition coefficient (Wildman–Crippen LogP) is 1.97. The molecule has 124 valence electrons. The van der Waals surface area contributed by atoms with Gasteiger partial charge in [0.15, 0.2) is 5.65 Å². The van der Waals surface area contributed by atoms with Gasteiger partial charge in [-0.05, 0) is 75.8 Å². The van der Waals surface area contributed by atoms with Gasteiger partial charge < -0.3 is 15.2 Å². The minimum Gasteiger partial charge on any atom is -0.317 e. The molecule has 1 unspecified atom stereocenters. The van der Waals surface area contributed by atoms with Gasteiger partial charge in [-0.25, -0.2) is 9.97 Å². The molecule has 2 saturated heterocycles. The van der Waals surface area contributed by atoms with E-state index in [0.29, 0.717) is 5.92 Å². The molecule has 0 radical (unpaired) electrons. The summed E-state index contributed by atoms with van der Waals surface area (Å²) in [6, 6.07) is 4.10. The number of piperidine rings is 2. The fourth-order valence-electron chi connectivity index (χ4n) is 4.03. The van der Waals surface area contributed by atoms with E-state index in [1.807, 2.05) is 12.3 Å². The third-order valence-corrected chi connectivity index (χ3v) is 5.35. The van der Waals surface area contributed by atoms with E-state index in [4.69, 9.17) is 4.98 Å². The number of nitrogens with zero attached hydrogens (tertiary/aromatic N) is 3. The summed E-state index contributed by atoms with van der Waals surface area (Å²) in [4.78, 5) is 9.56. The summed E-state index contributed by atoms with van der Waals surface area (Å²) >= 11 is 0. The second-order valence-corrected chi connectivity index (χ2v) is 7.09. The second kappa shape index (κ2) is 6.97. The Morgan fingerprint density at radius 3 is 2.83 bits per heavy atom. The number of aromatic nitrogens is 3. The Kier molecular flexibility index (Phi) is 4.57. The Hall–Kier alpha value is -1.46. The van der Waals surface area contributed by atoms with E-state index in [9.17, 15) is 0 Å². The van der Waals surface area contributed by atoms with Gasteiger partial charge in [-0.15, -0.1) is 0 Å². The van der Waals surface area contributed by atoms with Gasteiger partial charge in [0.1, 0.15) is 11.3 Å². The standard InChI is InChI=1S/C18H27N5/c1-3-15(12-20-7-1)11-17-22-16-4-2-8-21-18(16)23(17)13-14-5-9-19-10-6-14/h2,4,8,14-15,19-20H,1,3,5-7,9-13H2. The van der Waals surface area contributed by atoms with Crippen molar-refractivity contribution in [1.29, 1.82) is 0 Å². The van der Waals surface area contributed by atoms with Crippen LogP contribution < -0.4 is 10.6 Å². The third-order valence-electron chi connectivity index (χ3n) is 5.35. The first-order valence-electron chi connectivity index (χ1n) is 9.12. The van der Waals surface area contributed by atoms with Crippen LogP contribution in [0.15, 0.2) is 18.3 Å². The van der Waals surface area contributed by atoms with E-state index in [2.05, 4.69) is 26.3 Å². The number of fused-ring (bicyclic) bond motifs is 1. The maximum atomic E-state index is 4.93. The molecule has 1 atom stereocenters. The lowest BCUT2D eigenvalue weighted by molar-refractivity contribution is 0.323. The fraction of sp³-hybridized carbons (Fsp3) is 0.667. The lowest BCUT2D eigenvalue weighted by Crippen LogP contribution is -2.32. The number of hydrogen-bond donors (Lipinski definition) is 2. The summed E-state index contributed by atoms with van der Waals surface area (Å²) in [6.45, 7) is 5.66. The molecule has 23 heavy (non-hydrogen) atoms. The molecule has 2 fully saturated rings. The van der Waals surface area contributed by atoms with E-state index in [0.717, 1.165) is 49.7 Å². The van der Waals surface area contributed by atoms with Crippen LogP contribution in [0.25, 0.3) is 11.2 Å². The van der Waals surface area contributed by atoms with Gasteiger partial charge in [0.2, 0.25) is 0 Å². The Balaban J connectivity index is 1.60. The molecule has 2 N–H and O–H groups in total. The SMILES string of the molecule is c1cnc2c(c1)nc(CC1CCCNC1)n2CC1CCNCC1. The third kappa shape index (κ3) is 3.40. The van der Waals surface area contributed by atoms with Crippen LogP contribution >= 0.6 is 0 Å². The molecule has 4 rings (SSSR count). The topological polar surface area (TPSA) is 54.8 Å². The van der Waals surface area contributed by atoms with Crippen LogP contribution in [-0.2, 0) is 13.0 Å². The van der Waals surface area contributed by atoms with Gasteiger partial charge in [0.25, 0.3) is 0 Å². The number of rotatable bonds is 4. The van der Waals surface area contributed by atoms with Crippen LogP contribution in [0.5, 0.6) is 0 Å². The molecule has 0 aliphatic carbocycles. The lowest BCUT2D eigenvalue weighted by Gasteiger charge is -2.25. The molecule has 0 bridgehead atoms. The van der Waals surface area contributed by atoms with E-state index < -0.39 is 0 Å². The molecule has 5 heteroatoms. The molecular formula is C18H27N5. The van der Waals surface area contributed by atoms with Gasteiger partial charge in [0, 0.05) is 19.2 Å². The smallest absolute Gasteiger partial charge is 0.159 e. The predicted molar refractivity (Wildman–Crippen MR) is 92.4 cm³/mol. The van der Waals surface area contributed by atoms with E-state index in [-0.39, 0.29) is 0 Å². The van der Waals surface area contributed by atoms with Crippen LogP contribution in [0.2, 0.25) is 0 Å². The van der Waals surface area contributed by atoms with Crippen LogP contribution in [0.4, 0.5) is 0 Å². The summed E-state index contributed by atoms with van der Waals surface area (Å²) in [5, 5.41) is 6.99. The van der Waals surface area contributed by atoms with Crippen molar-refractivity contribution in [2.24, 2.45) is 11.8 Å². The molecule has 5 nitrogen and oxygen atoms in total. The van der Waals surface area contributed by atoms with E-state index in [1.165, 1.54) is 38.1 Å². The zero-order valence-corrected chi connectivity index (χ0v) is 13.8. The Labute approximate surface area is 137 Å². The van der Waals surface area contributed by atoms with Gasteiger partial charge in [-0.3, -0.25) is 0 Å². The van der Waals surface area contributed by atoms with Crippen molar-refractivity contribution in [2.45, 2.75) is 38.6 Å². The number of imidazole rings is 1. The van der Waals surface area contributed by atoms with Crippen molar-refractivity contribution in [1.82, 2.24) is 25.2 Å². The molecule has 0 spiro atoms. The zero-order chi connectivity index (χ0) is 15.5. The summed E-state index contributed by atoms with van der Waals surface area (Å²) in [5.41, 5.74) is 2.13. The second-order valence-electron chi connectivity index (χ2n) is 7.09. The first kappa shape index (κ1) is 15.1. The van der Waals surface area contributed by atoms with Gasteiger partial charge in [0.05, 0.1) is 0 Å². The maximum absolute atomic E-state index is 4.93. The van der Waals surface area contributed by atoms with Crippen molar-refractivity contribution in [3.8, 4) is 0 Å². The lowest BCUT2D eigenvalue weighted by atomic mass is 9.95. The highest BCUT2D eigenvalue weighted by Crippen LogP contribution is 2.23. The fourth-order valence-corrected chi connectivity index (χ4v) is 4.03. The van der Waals surface area contributed by atoms with Crippen LogP contribution in [-0.4, -0.2) is 40.7 Å². The number of pyridine rings is 1. The van der Waals surface area contributed by atoms with Crippen molar-refractivity contribution >= 4 is 11.2 Å². The monoisotopic (exact) mass is 313 g/mol. The van der Waals surface area contributed by atoms with Gasteiger partial charge in [-0.1, -0.05) is 0 Å². The van der Waals surface area contributed by atoms with E-state index >= 15 is 0 Å². The molecule has 2 aromatic heterocycles. The maximum Gasteiger partial charge on any atom is 0.159 e. The van der Waals surface area contributed by atoms with Gasteiger partial charge >= 0.3 is 0 Å². The number of hydrogen-bond acceptors (Lipinski definition) is 4. The molecule has 0 aromatic carbocycles. The zero-order valence-electron chi connectivity index (χ0n) is 13.8. The highest BCUT2D eigenvalue weighted by molar-refractivity contribution is 5.71. The molecule has 0 amide bonds. The molecule has 2 aliphatic rings. The Bertz CT molecular complexity index is 638. The van der Waals surface area contributed by atoms with Crippen molar-refractivity contribution in [3.05, 3.63) is 24.2 Å². The Morgan fingerprint density at radius 2 is 2.00 bits per heavy atom. The normalized spacial score (nSPS) is 23.4. The molecule has 4 heterocycles. The van der Waals surface area contributed by atoms with E-state index in [1.54, 1.807) is 0 Å². The molecular weight excluding hydrogens is 286 g/mol. The van der Waals surface area contributed by atoms with Crippen molar-refractivity contribution in [2.75, 3.05) is 26.2 Å². The van der Waals surface area contributed by atoms with Gasteiger partial charge in [-0.2, -0.15) is 0 Å². The highest BCUT2D eigenvalue weighted by Gasteiger charge is 2.21. The first-order valence-corrected chi connectivity index (χ1v) is 9.12. The molecule has 0 saturated carbocycles. The Morgan fingerprint density at radius 1 is 1.09 bits per heavy atom. The molecule has 2 aliphatic heterocycles. The van der Waals surface area contributed by atoms with Crippen LogP contribution in [0.3, 0.4) is 0 Å². The average Bonchev–Trinajstić information content (AvgIpc) is 2.94. The summed E-state index contributed by atoms with van der Waals surface area (Å²) < 4.78 is 2.42. The quantitative estimate of drug-likeness (QED) is 0.906. The average molecular weight is 313 g/mol. The summed E-state index contributed by atoms with van der Waals surface area (Å²) in [5.74, 6) is 2.71. The minimum atomic E-state index is 0.715. The summed E-state index contributed by atoms with van der Waals surface area (Å²) in [7, 11) is 0. The van der Waals surface area contributed by atoms with Crippen molar-refractivity contribution in [3.63, 3.8) is 0 Å².